The Balaban J connectivity index is 1.49. The Morgan fingerprint density at radius 2 is 1.86 bits per heavy atom. The molecule has 0 unspecified atom stereocenters. The van der Waals surface area contributed by atoms with Crippen LogP contribution < -0.4 is 5.32 Å². The third-order valence-electron chi connectivity index (χ3n) is 4.94. The summed E-state index contributed by atoms with van der Waals surface area (Å²) in [6.45, 7) is 3.97. The van der Waals surface area contributed by atoms with Gasteiger partial charge in [0.25, 0.3) is 0 Å². The Morgan fingerprint density at radius 1 is 1.07 bits per heavy atom. The standard InChI is InChI=1S/C24H21BrN2OS/c1-15-12-19(25)10-11-21(15)27-23(28)14-22-16(2)26-24(29-22)13-18-8-5-7-17-6-3-4-9-20(17)18/h3-12H,13-14H2,1-2H3,(H,27,28). The van der Waals surface area contributed by atoms with Crippen molar-refractivity contribution in [3.8, 4) is 0 Å². The largest absolute Gasteiger partial charge is 0.326 e. The molecule has 0 saturated carbocycles. The summed E-state index contributed by atoms with van der Waals surface area (Å²) in [6.07, 6.45) is 1.12. The second kappa shape index (κ2) is 8.47. The predicted octanol–water partition coefficient (Wildman–Crippen LogP) is 6.45. The molecule has 0 fully saturated rings. The lowest BCUT2D eigenvalue weighted by Crippen LogP contribution is -2.15. The molecule has 0 spiro atoms. The second-order valence-electron chi connectivity index (χ2n) is 7.12. The molecule has 1 aromatic heterocycles. The molecule has 1 amide bonds. The maximum atomic E-state index is 12.6. The number of thiazole rings is 1. The zero-order valence-corrected chi connectivity index (χ0v) is 18.7. The number of fused-ring (bicyclic) bond motifs is 1. The SMILES string of the molecule is Cc1cc(Br)ccc1NC(=O)Cc1sc(Cc2cccc3ccccc23)nc1C. The van der Waals surface area contributed by atoms with Gasteiger partial charge < -0.3 is 5.32 Å². The van der Waals surface area contributed by atoms with Crippen molar-refractivity contribution in [2.24, 2.45) is 0 Å². The lowest BCUT2D eigenvalue weighted by molar-refractivity contribution is -0.115. The first-order valence-corrected chi connectivity index (χ1v) is 11.1. The van der Waals surface area contributed by atoms with Crippen LogP contribution in [0, 0.1) is 13.8 Å². The van der Waals surface area contributed by atoms with Gasteiger partial charge in [0.1, 0.15) is 0 Å². The van der Waals surface area contributed by atoms with Gasteiger partial charge in [-0.2, -0.15) is 0 Å². The Morgan fingerprint density at radius 3 is 2.69 bits per heavy atom. The molecule has 1 N–H and O–H groups in total. The Hall–Kier alpha value is -2.50. The van der Waals surface area contributed by atoms with Crippen molar-refractivity contribution in [1.82, 2.24) is 4.98 Å². The molecule has 29 heavy (non-hydrogen) atoms. The molecule has 4 rings (SSSR count). The molecule has 3 aromatic carbocycles. The third kappa shape index (κ3) is 4.57. The molecule has 0 saturated heterocycles. The highest BCUT2D eigenvalue weighted by Crippen LogP contribution is 2.26. The Labute approximate surface area is 182 Å². The topological polar surface area (TPSA) is 42.0 Å². The summed E-state index contributed by atoms with van der Waals surface area (Å²) < 4.78 is 1.00. The number of aryl methyl sites for hydroxylation is 2. The van der Waals surface area contributed by atoms with E-state index >= 15 is 0 Å². The maximum Gasteiger partial charge on any atom is 0.229 e. The van der Waals surface area contributed by atoms with E-state index in [9.17, 15) is 4.79 Å². The van der Waals surface area contributed by atoms with E-state index in [1.807, 2.05) is 32.0 Å². The smallest absolute Gasteiger partial charge is 0.229 e. The number of hydrogen-bond donors (Lipinski definition) is 1. The highest BCUT2D eigenvalue weighted by Gasteiger charge is 2.14. The van der Waals surface area contributed by atoms with Crippen LogP contribution >= 0.6 is 27.3 Å². The first-order chi connectivity index (χ1) is 14.0. The van der Waals surface area contributed by atoms with E-state index in [0.717, 1.165) is 37.7 Å². The number of anilines is 1. The molecule has 5 heteroatoms. The molecule has 4 aromatic rings. The fraction of sp³-hybridized carbons (Fsp3) is 0.167. The molecule has 146 valence electrons. The highest BCUT2D eigenvalue weighted by atomic mass is 79.9. The van der Waals surface area contributed by atoms with E-state index in [4.69, 9.17) is 4.98 Å². The van der Waals surface area contributed by atoms with Crippen LogP contribution in [0.25, 0.3) is 10.8 Å². The average Bonchev–Trinajstić information content (AvgIpc) is 3.03. The maximum absolute atomic E-state index is 12.6. The first-order valence-electron chi connectivity index (χ1n) is 9.47. The van der Waals surface area contributed by atoms with Gasteiger partial charge >= 0.3 is 0 Å². The van der Waals surface area contributed by atoms with Gasteiger partial charge in [-0.3, -0.25) is 4.79 Å². The van der Waals surface area contributed by atoms with Gasteiger partial charge in [0.15, 0.2) is 0 Å². The average molecular weight is 465 g/mol. The van der Waals surface area contributed by atoms with E-state index in [0.29, 0.717) is 6.42 Å². The van der Waals surface area contributed by atoms with Gasteiger partial charge in [-0.15, -0.1) is 11.3 Å². The summed E-state index contributed by atoms with van der Waals surface area (Å²) in [7, 11) is 0. The van der Waals surface area contributed by atoms with Crippen LogP contribution in [0.4, 0.5) is 5.69 Å². The summed E-state index contributed by atoms with van der Waals surface area (Å²) in [5, 5.41) is 6.55. The lowest BCUT2D eigenvalue weighted by Gasteiger charge is -2.08. The number of carbonyl (C=O) groups is 1. The van der Waals surface area contributed by atoms with Crippen LogP contribution in [0.2, 0.25) is 0 Å². The van der Waals surface area contributed by atoms with E-state index in [2.05, 4.69) is 63.7 Å². The number of hydrogen-bond acceptors (Lipinski definition) is 3. The van der Waals surface area contributed by atoms with Crippen molar-refractivity contribution in [2.75, 3.05) is 5.32 Å². The first kappa shape index (κ1) is 19.8. The van der Waals surface area contributed by atoms with Gasteiger partial charge in [-0.1, -0.05) is 58.4 Å². The fourth-order valence-electron chi connectivity index (χ4n) is 3.45. The summed E-state index contributed by atoms with van der Waals surface area (Å²) in [6, 6.07) is 20.6. The number of benzene rings is 3. The van der Waals surface area contributed by atoms with E-state index in [-0.39, 0.29) is 5.91 Å². The number of nitrogens with one attached hydrogen (secondary N) is 1. The molecular weight excluding hydrogens is 444 g/mol. The van der Waals surface area contributed by atoms with Gasteiger partial charge in [-0.25, -0.2) is 4.98 Å². The molecule has 0 atom stereocenters. The zero-order valence-electron chi connectivity index (χ0n) is 16.3. The summed E-state index contributed by atoms with van der Waals surface area (Å²) >= 11 is 5.08. The van der Waals surface area contributed by atoms with Crippen LogP contribution in [-0.4, -0.2) is 10.9 Å². The van der Waals surface area contributed by atoms with E-state index in [1.165, 1.54) is 16.3 Å². The molecule has 1 heterocycles. The van der Waals surface area contributed by atoms with E-state index < -0.39 is 0 Å². The highest BCUT2D eigenvalue weighted by molar-refractivity contribution is 9.10. The van der Waals surface area contributed by atoms with Crippen molar-refractivity contribution in [3.63, 3.8) is 0 Å². The molecule has 0 aliphatic heterocycles. The number of rotatable bonds is 5. The minimum Gasteiger partial charge on any atom is -0.326 e. The number of carbonyl (C=O) groups excluding carboxylic acids is 1. The molecule has 0 aliphatic carbocycles. The van der Waals surface area contributed by atoms with Crippen LogP contribution in [0.5, 0.6) is 0 Å². The third-order valence-corrected chi connectivity index (χ3v) is 6.59. The Bertz CT molecular complexity index is 1190. The minimum absolute atomic E-state index is 0.0149. The molecule has 0 bridgehead atoms. The number of amides is 1. The minimum atomic E-state index is -0.0149. The molecule has 0 aliphatic rings. The second-order valence-corrected chi connectivity index (χ2v) is 9.20. The molecular formula is C24H21BrN2OS. The van der Waals surface area contributed by atoms with Crippen LogP contribution in [0.1, 0.15) is 26.7 Å². The van der Waals surface area contributed by atoms with Gasteiger partial charge in [0.05, 0.1) is 17.1 Å². The van der Waals surface area contributed by atoms with Crippen molar-refractivity contribution in [1.29, 1.82) is 0 Å². The molecule has 0 radical (unpaired) electrons. The fourth-order valence-corrected chi connectivity index (χ4v) is 5.01. The van der Waals surface area contributed by atoms with Crippen molar-refractivity contribution < 1.29 is 4.79 Å². The lowest BCUT2D eigenvalue weighted by atomic mass is 10.0. The van der Waals surface area contributed by atoms with E-state index in [1.54, 1.807) is 11.3 Å². The number of halogens is 1. The quantitative estimate of drug-likeness (QED) is 0.368. The normalized spacial score (nSPS) is 11.0. The number of nitrogens with zero attached hydrogens (tertiary/aromatic N) is 1. The molecule has 3 nitrogen and oxygen atoms in total. The number of aromatic nitrogens is 1. The summed E-state index contributed by atoms with van der Waals surface area (Å²) in [5.41, 5.74) is 4.08. The van der Waals surface area contributed by atoms with Gasteiger partial charge in [0, 0.05) is 21.5 Å². The van der Waals surface area contributed by atoms with Gasteiger partial charge in [0.2, 0.25) is 5.91 Å². The van der Waals surface area contributed by atoms with Gasteiger partial charge in [-0.05, 0) is 53.9 Å². The van der Waals surface area contributed by atoms with Crippen molar-refractivity contribution >= 4 is 49.6 Å². The van der Waals surface area contributed by atoms with Crippen molar-refractivity contribution in [3.05, 3.63) is 91.8 Å². The van der Waals surface area contributed by atoms with Crippen molar-refractivity contribution in [2.45, 2.75) is 26.7 Å². The summed E-state index contributed by atoms with van der Waals surface area (Å²) in [4.78, 5) is 18.3. The van der Waals surface area contributed by atoms with Crippen LogP contribution in [0.15, 0.2) is 65.1 Å². The monoisotopic (exact) mass is 464 g/mol. The summed E-state index contributed by atoms with van der Waals surface area (Å²) in [5.74, 6) is -0.0149. The zero-order chi connectivity index (χ0) is 20.4. The van der Waals surface area contributed by atoms with Crippen LogP contribution in [-0.2, 0) is 17.6 Å². The Kier molecular flexibility index (Phi) is 5.79. The van der Waals surface area contributed by atoms with Crippen LogP contribution in [0.3, 0.4) is 0 Å². The predicted molar refractivity (Wildman–Crippen MR) is 125 cm³/mol.